The molecule has 2 aromatic heterocycles. The second kappa shape index (κ2) is 6.24. The van der Waals surface area contributed by atoms with Gasteiger partial charge in [0.15, 0.2) is 0 Å². The second-order valence-corrected chi connectivity index (χ2v) is 4.19. The summed E-state index contributed by atoms with van der Waals surface area (Å²) in [5.41, 5.74) is 1.18. The Labute approximate surface area is 114 Å². The van der Waals surface area contributed by atoms with Crippen LogP contribution in [0, 0.1) is 0 Å². The molecule has 0 aliphatic rings. The standard InChI is InChI=1S/C13H11ClFN3O/c14-12-4-3-9(7-17-12)8-18-13(19)10-2-1-5-16-11(10)6-15/h1-5,7H,6,8H2,(H,18,19). The van der Waals surface area contributed by atoms with Gasteiger partial charge in [-0.2, -0.15) is 0 Å². The van der Waals surface area contributed by atoms with Crippen molar-refractivity contribution in [1.29, 1.82) is 0 Å². The minimum absolute atomic E-state index is 0.134. The van der Waals surface area contributed by atoms with Crippen molar-refractivity contribution in [2.45, 2.75) is 13.2 Å². The lowest BCUT2D eigenvalue weighted by Gasteiger charge is -2.07. The summed E-state index contributed by atoms with van der Waals surface area (Å²) in [6, 6.07) is 6.53. The molecule has 1 amide bonds. The Balaban J connectivity index is 2.03. The molecule has 0 aromatic carbocycles. The van der Waals surface area contributed by atoms with Crippen LogP contribution in [0.5, 0.6) is 0 Å². The van der Waals surface area contributed by atoms with Crippen molar-refractivity contribution >= 4 is 17.5 Å². The summed E-state index contributed by atoms with van der Waals surface area (Å²) in [5.74, 6) is -0.365. The molecule has 19 heavy (non-hydrogen) atoms. The number of hydrogen-bond donors (Lipinski definition) is 1. The molecule has 0 fully saturated rings. The minimum Gasteiger partial charge on any atom is -0.348 e. The summed E-state index contributed by atoms with van der Waals surface area (Å²) < 4.78 is 12.7. The molecule has 1 N–H and O–H groups in total. The van der Waals surface area contributed by atoms with Crippen molar-refractivity contribution in [2.24, 2.45) is 0 Å². The van der Waals surface area contributed by atoms with E-state index in [1.165, 1.54) is 12.3 Å². The van der Waals surface area contributed by atoms with Crippen LogP contribution in [0.1, 0.15) is 21.6 Å². The van der Waals surface area contributed by atoms with Crippen LogP contribution in [0.4, 0.5) is 4.39 Å². The van der Waals surface area contributed by atoms with Gasteiger partial charge in [-0.15, -0.1) is 0 Å². The van der Waals surface area contributed by atoms with E-state index in [1.807, 2.05) is 0 Å². The average molecular weight is 280 g/mol. The molecule has 0 saturated carbocycles. The number of pyridine rings is 2. The van der Waals surface area contributed by atoms with Gasteiger partial charge in [-0.3, -0.25) is 9.78 Å². The van der Waals surface area contributed by atoms with Crippen LogP contribution in [0.2, 0.25) is 5.15 Å². The van der Waals surface area contributed by atoms with Crippen molar-refractivity contribution in [1.82, 2.24) is 15.3 Å². The van der Waals surface area contributed by atoms with Crippen molar-refractivity contribution in [2.75, 3.05) is 0 Å². The third-order valence-electron chi connectivity index (χ3n) is 2.50. The monoisotopic (exact) mass is 279 g/mol. The van der Waals surface area contributed by atoms with Gasteiger partial charge < -0.3 is 5.32 Å². The van der Waals surface area contributed by atoms with Crippen molar-refractivity contribution < 1.29 is 9.18 Å². The number of nitrogens with one attached hydrogen (secondary N) is 1. The quantitative estimate of drug-likeness (QED) is 0.875. The van der Waals surface area contributed by atoms with E-state index in [2.05, 4.69) is 15.3 Å². The fraction of sp³-hybridized carbons (Fsp3) is 0.154. The zero-order valence-corrected chi connectivity index (χ0v) is 10.7. The SMILES string of the molecule is O=C(NCc1ccc(Cl)nc1)c1cccnc1CF. The Morgan fingerprint density at radius 3 is 2.84 bits per heavy atom. The summed E-state index contributed by atoms with van der Waals surface area (Å²) in [6.07, 6.45) is 3.02. The smallest absolute Gasteiger partial charge is 0.253 e. The molecule has 4 nitrogen and oxygen atoms in total. The van der Waals surface area contributed by atoms with E-state index in [0.717, 1.165) is 5.56 Å². The van der Waals surface area contributed by atoms with Crippen molar-refractivity contribution in [3.05, 3.63) is 58.6 Å². The Hall–Kier alpha value is -2.01. The van der Waals surface area contributed by atoms with E-state index in [4.69, 9.17) is 11.6 Å². The lowest BCUT2D eigenvalue weighted by molar-refractivity contribution is 0.0948. The number of carbonyl (C=O) groups excluding carboxylic acids is 1. The van der Waals surface area contributed by atoms with E-state index in [1.54, 1.807) is 24.4 Å². The summed E-state index contributed by atoms with van der Waals surface area (Å²) in [6.45, 7) is -0.476. The summed E-state index contributed by atoms with van der Waals surface area (Å²) in [5, 5.41) is 3.07. The number of halogens is 2. The fourth-order valence-electron chi connectivity index (χ4n) is 1.54. The van der Waals surface area contributed by atoms with Gasteiger partial charge in [0.1, 0.15) is 11.8 Å². The van der Waals surface area contributed by atoms with E-state index in [-0.39, 0.29) is 17.2 Å². The van der Waals surface area contributed by atoms with Crippen LogP contribution >= 0.6 is 11.6 Å². The molecule has 98 valence electrons. The first kappa shape index (κ1) is 13.4. The molecule has 6 heteroatoms. The third kappa shape index (κ3) is 3.48. The van der Waals surface area contributed by atoms with Gasteiger partial charge in [-0.1, -0.05) is 17.7 Å². The molecule has 0 bridgehead atoms. The van der Waals surface area contributed by atoms with E-state index in [0.29, 0.717) is 11.7 Å². The van der Waals surface area contributed by atoms with Gasteiger partial charge in [0.25, 0.3) is 5.91 Å². The molecule has 0 spiro atoms. The van der Waals surface area contributed by atoms with Crippen LogP contribution in [-0.2, 0) is 13.2 Å². The third-order valence-corrected chi connectivity index (χ3v) is 2.73. The highest BCUT2D eigenvalue weighted by molar-refractivity contribution is 6.29. The van der Waals surface area contributed by atoms with Gasteiger partial charge in [-0.05, 0) is 23.8 Å². The van der Waals surface area contributed by atoms with E-state index < -0.39 is 6.67 Å². The number of amides is 1. The lowest BCUT2D eigenvalue weighted by Crippen LogP contribution is -2.24. The zero-order chi connectivity index (χ0) is 13.7. The van der Waals surface area contributed by atoms with Gasteiger partial charge in [0.2, 0.25) is 0 Å². The molecular formula is C13H11ClFN3O. The maximum absolute atomic E-state index is 12.7. The molecule has 0 unspecified atom stereocenters. The fourth-order valence-corrected chi connectivity index (χ4v) is 1.65. The molecule has 0 aliphatic carbocycles. The number of aromatic nitrogens is 2. The molecule has 0 saturated heterocycles. The van der Waals surface area contributed by atoms with Crippen molar-refractivity contribution in [3.8, 4) is 0 Å². The van der Waals surface area contributed by atoms with Gasteiger partial charge in [0.05, 0.1) is 11.3 Å². The van der Waals surface area contributed by atoms with Gasteiger partial charge in [0, 0.05) is 18.9 Å². The van der Waals surface area contributed by atoms with E-state index >= 15 is 0 Å². The summed E-state index contributed by atoms with van der Waals surface area (Å²) in [4.78, 5) is 19.6. The van der Waals surface area contributed by atoms with Crippen LogP contribution < -0.4 is 5.32 Å². The van der Waals surface area contributed by atoms with Gasteiger partial charge in [-0.25, -0.2) is 9.37 Å². The van der Waals surface area contributed by atoms with Crippen LogP contribution in [0.15, 0.2) is 36.7 Å². The maximum Gasteiger partial charge on any atom is 0.253 e. The van der Waals surface area contributed by atoms with E-state index in [9.17, 15) is 9.18 Å². The number of carbonyl (C=O) groups is 1. The number of nitrogens with zero attached hydrogens (tertiary/aromatic N) is 2. The topological polar surface area (TPSA) is 54.9 Å². The number of alkyl halides is 1. The Bertz CT molecular complexity index is 574. The number of hydrogen-bond acceptors (Lipinski definition) is 3. The summed E-state index contributed by atoms with van der Waals surface area (Å²) in [7, 11) is 0. The second-order valence-electron chi connectivity index (χ2n) is 3.80. The lowest BCUT2D eigenvalue weighted by atomic mass is 10.2. The predicted octanol–water partition coefficient (Wildman–Crippen LogP) is 2.53. The van der Waals surface area contributed by atoms with Gasteiger partial charge >= 0.3 is 0 Å². The van der Waals surface area contributed by atoms with Crippen molar-refractivity contribution in [3.63, 3.8) is 0 Å². The predicted molar refractivity (Wildman–Crippen MR) is 69.5 cm³/mol. The zero-order valence-electron chi connectivity index (χ0n) is 9.94. The molecule has 0 radical (unpaired) electrons. The molecule has 2 heterocycles. The Kier molecular flexibility index (Phi) is 4.41. The molecule has 0 atom stereocenters. The Morgan fingerprint density at radius 1 is 1.32 bits per heavy atom. The Morgan fingerprint density at radius 2 is 2.16 bits per heavy atom. The normalized spacial score (nSPS) is 10.2. The minimum atomic E-state index is -0.772. The highest BCUT2D eigenvalue weighted by atomic mass is 35.5. The van der Waals surface area contributed by atoms with Crippen LogP contribution in [-0.4, -0.2) is 15.9 Å². The number of rotatable bonds is 4. The first-order valence-electron chi connectivity index (χ1n) is 5.59. The highest BCUT2D eigenvalue weighted by Crippen LogP contribution is 2.08. The highest BCUT2D eigenvalue weighted by Gasteiger charge is 2.11. The molecule has 2 aromatic rings. The first-order chi connectivity index (χ1) is 9.20. The molecule has 0 aliphatic heterocycles. The first-order valence-corrected chi connectivity index (χ1v) is 5.97. The average Bonchev–Trinajstić information content (AvgIpc) is 2.46. The molecular weight excluding hydrogens is 269 g/mol. The van der Waals surface area contributed by atoms with Crippen LogP contribution in [0.3, 0.4) is 0 Å². The largest absolute Gasteiger partial charge is 0.348 e. The maximum atomic E-state index is 12.7. The van der Waals surface area contributed by atoms with Crippen LogP contribution in [0.25, 0.3) is 0 Å². The summed E-state index contributed by atoms with van der Waals surface area (Å²) >= 11 is 5.66. The molecule has 2 rings (SSSR count).